The first-order chi connectivity index (χ1) is 11.4. The van der Waals surface area contributed by atoms with Crippen molar-refractivity contribution in [2.45, 2.75) is 58.2 Å². The molecule has 1 aliphatic heterocycles. The Bertz CT molecular complexity index is 606. The van der Waals surface area contributed by atoms with Gasteiger partial charge in [-0.05, 0) is 56.4 Å². The van der Waals surface area contributed by atoms with Crippen LogP contribution in [0.3, 0.4) is 0 Å². The number of carbonyl (C=O) groups excluding carboxylic acids is 1. The third kappa shape index (κ3) is 4.24. The van der Waals surface area contributed by atoms with Crippen LogP contribution in [0.4, 0.5) is 10.7 Å². The lowest BCUT2D eigenvalue weighted by molar-refractivity contribution is 0.0509. The average Bonchev–Trinajstić information content (AvgIpc) is 3.18. The van der Waals surface area contributed by atoms with E-state index in [1.54, 1.807) is 0 Å². The first-order valence-corrected chi connectivity index (χ1v) is 8.58. The predicted molar refractivity (Wildman–Crippen MR) is 89.7 cm³/mol. The Hall–Kier alpha value is -2.12. The quantitative estimate of drug-likeness (QED) is 0.844. The zero-order valence-corrected chi connectivity index (χ0v) is 14.6. The third-order valence-electron chi connectivity index (χ3n) is 4.22. The minimum atomic E-state index is -0.485. The summed E-state index contributed by atoms with van der Waals surface area (Å²) in [7, 11) is 0. The van der Waals surface area contributed by atoms with Crippen molar-refractivity contribution in [3.8, 4) is 0 Å². The molecule has 1 saturated heterocycles. The molecular formula is C16H26N6O2. The number of allylic oxidation sites excluding steroid dienone is 2. The second-order valence-electron chi connectivity index (χ2n) is 7.50. The molecule has 2 aliphatic rings. The molecule has 8 nitrogen and oxygen atoms in total. The molecule has 24 heavy (non-hydrogen) atoms. The minimum Gasteiger partial charge on any atom is -0.444 e. The molecule has 1 N–H and O–H groups in total. The van der Waals surface area contributed by atoms with Crippen LogP contribution in [0.25, 0.3) is 0 Å². The molecule has 2 atom stereocenters. The van der Waals surface area contributed by atoms with Gasteiger partial charge in [0.05, 0.1) is 12.6 Å². The van der Waals surface area contributed by atoms with Crippen LogP contribution in [-0.2, 0) is 11.3 Å². The fourth-order valence-corrected chi connectivity index (χ4v) is 3.15. The number of nitrogens with zero attached hydrogens (tertiary/aromatic N) is 5. The van der Waals surface area contributed by atoms with Gasteiger partial charge in [0.25, 0.3) is 0 Å². The number of ether oxygens (including phenoxy) is 1. The molecule has 8 heteroatoms. The van der Waals surface area contributed by atoms with Gasteiger partial charge in [-0.3, -0.25) is 0 Å². The molecule has 2 unspecified atom stereocenters. The number of tetrazole rings is 1. The Morgan fingerprint density at radius 2 is 2.25 bits per heavy atom. The maximum atomic E-state index is 11.9. The highest BCUT2D eigenvalue weighted by Gasteiger charge is 2.29. The van der Waals surface area contributed by atoms with E-state index in [9.17, 15) is 4.79 Å². The van der Waals surface area contributed by atoms with Gasteiger partial charge in [0.2, 0.25) is 5.95 Å². The van der Waals surface area contributed by atoms with Crippen molar-refractivity contribution in [1.82, 2.24) is 25.5 Å². The first-order valence-electron chi connectivity index (χ1n) is 8.58. The molecule has 1 amide bonds. The summed E-state index contributed by atoms with van der Waals surface area (Å²) in [6.07, 6.45) is 7.23. The number of hydrogen-bond acceptors (Lipinski definition) is 6. The Morgan fingerprint density at radius 1 is 1.42 bits per heavy atom. The Kier molecular flexibility index (Phi) is 4.73. The van der Waals surface area contributed by atoms with E-state index < -0.39 is 5.60 Å². The molecular weight excluding hydrogens is 308 g/mol. The van der Waals surface area contributed by atoms with Crippen LogP contribution in [0, 0.1) is 5.92 Å². The topological polar surface area (TPSA) is 85.2 Å². The highest BCUT2D eigenvalue weighted by Crippen LogP contribution is 2.22. The summed E-state index contributed by atoms with van der Waals surface area (Å²) in [6.45, 7) is 7.90. The molecule has 132 valence electrons. The van der Waals surface area contributed by atoms with E-state index in [-0.39, 0.29) is 12.1 Å². The van der Waals surface area contributed by atoms with Gasteiger partial charge in [0, 0.05) is 13.1 Å². The van der Waals surface area contributed by atoms with Crippen molar-refractivity contribution in [2.24, 2.45) is 5.92 Å². The number of carbonyl (C=O) groups is 1. The van der Waals surface area contributed by atoms with E-state index in [2.05, 4.69) is 37.9 Å². The number of anilines is 1. The van der Waals surface area contributed by atoms with Crippen LogP contribution in [0.2, 0.25) is 0 Å². The van der Waals surface area contributed by atoms with Crippen LogP contribution in [0.5, 0.6) is 0 Å². The summed E-state index contributed by atoms with van der Waals surface area (Å²) in [4.78, 5) is 14.0. The summed E-state index contributed by atoms with van der Waals surface area (Å²) in [5.74, 6) is 1.29. The van der Waals surface area contributed by atoms with E-state index in [4.69, 9.17) is 4.74 Å². The number of aromatic nitrogens is 4. The Labute approximate surface area is 142 Å². The van der Waals surface area contributed by atoms with Crippen LogP contribution in [0.15, 0.2) is 12.2 Å². The maximum Gasteiger partial charge on any atom is 0.407 e. The van der Waals surface area contributed by atoms with Gasteiger partial charge in [0.1, 0.15) is 5.60 Å². The molecule has 1 aromatic heterocycles. The van der Waals surface area contributed by atoms with Crippen LogP contribution < -0.4 is 10.2 Å². The number of hydrogen-bond donors (Lipinski definition) is 1. The van der Waals surface area contributed by atoms with Gasteiger partial charge in [-0.1, -0.05) is 17.3 Å². The second-order valence-corrected chi connectivity index (χ2v) is 7.50. The lowest BCUT2D eigenvalue weighted by Crippen LogP contribution is -2.40. The summed E-state index contributed by atoms with van der Waals surface area (Å²) >= 11 is 0. The average molecular weight is 334 g/mol. The number of rotatable bonds is 4. The van der Waals surface area contributed by atoms with Crippen LogP contribution in [-0.4, -0.2) is 51.0 Å². The van der Waals surface area contributed by atoms with E-state index in [0.717, 1.165) is 38.3 Å². The highest BCUT2D eigenvalue weighted by atomic mass is 16.6. The SMILES string of the molecule is CC(C)(C)OC(=O)NC1CCN(c2nnnn2CC2C=CCC2)C1. The maximum absolute atomic E-state index is 11.9. The number of nitrogens with one attached hydrogen (secondary N) is 1. The van der Waals surface area contributed by atoms with Gasteiger partial charge in [0.15, 0.2) is 0 Å². The molecule has 1 fully saturated rings. The molecule has 0 aromatic carbocycles. The minimum absolute atomic E-state index is 0.0522. The van der Waals surface area contributed by atoms with Gasteiger partial charge in [-0.25, -0.2) is 9.48 Å². The van der Waals surface area contributed by atoms with Crippen molar-refractivity contribution < 1.29 is 9.53 Å². The molecule has 3 rings (SSSR count). The largest absolute Gasteiger partial charge is 0.444 e. The molecule has 0 spiro atoms. The van der Waals surface area contributed by atoms with Crippen molar-refractivity contribution in [3.63, 3.8) is 0 Å². The fraction of sp³-hybridized carbons (Fsp3) is 0.750. The molecule has 2 heterocycles. The zero-order valence-electron chi connectivity index (χ0n) is 14.6. The lowest BCUT2D eigenvalue weighted by Gasteiger charge is -2.22. The molecule has 0 saturated carbocycles. The standard InChI is InChI=1S/C16H26N6O2/c1-16(2,3)24-15(23)17-13-8-9-21(11-13)14-18-19-20-22(14)10-12-6-4-5-7-12/h4,6,12-13H,5,7-11H2,1-3H3,(H,17,23). The van der Waals surface area contributed by atoms with E-state index in [0.29, 0.717) is 12.5 Å². The van der Waals surface area contributed by atoms with E-state index in [1.807, 2.05) is 25.5 Å². The van der Waals surface area contributed by atoms with Crippen molar-refractivity contribution in [3.05, 3.63) is 12.2 Å². The monoisotopic (exact) mass is 334 g/mol. The molecule has 1 aliphatic carbocycles. The summed E-state index contributed by atoms with van der Waals surface area (Å²) in [5.41, 5.74) is -0.485. The van der Waals surface area contributed by atoms with Crippen LogP contribution in [0.1, 0.15) is 40.0 Å². The van der Waals surface area contributed by atoms with Crippen LogP contribution >= 0.6 is 0 Å². The zero-order chi connectivity index (χ0) is 17.2. The second kappa shape index (κ2) is 6.78. The highest BCUT2D eigenvalue weighted by molar-refractivity contribution is 5.68. The van der Waals surface area contributed by atoms with Crippen molar-refractivity contribution in [2.75, 3.05) is 18.0 Å². The number of alkyl carbamates (subject to hydrolysis) is 1. The smallest absolute Gasteiger partial charge is 0.407 e. The summed E-state index contributed by atoms with van der Waals surface area (Å²) < 4.78 is 7.19. The summed E-state index contributed by atoms with van der Waals surface area (Å²) in [5, 5.41) is 15.1. The third-order valence-corrected chi connectivity index (χ3v) is 4.22. The van der Waals surface area contributed by atoms with E-state index >= 15 is 0 Å². The first kappa shape index (κ1) is 16.7. The van der Waals surface area contributed by atoms with E-state index in [1.165, 1.54) is 0 Å². The van der Waals surface area contributed by atoms with Gasteiger partial charge in [-0.2, -0.15) is 0 Å². The Morgan fingerprint density at radius 3 is 2.96 bits per heavy atom. The van der Waals surface area contributed by atoms with Gasteiger partial charge >= 0.3 is 6.09 Å². The lowest BCUT2D eigenvalue weighted by atomic mass is 10.1. The van der Waals surface area contributed by atoms with Gasteiger partial charge < -0.3 is 15.0 Å². The molecule has 0 bridgehead atoms. The molecule has 0 radical (unpaired) electrons. The van der Waals surface area contributed by atoms with Crippen molar-refractivity contribution >= 4 is 12.0 Å². The normalized spacial score (nSPS) is 23.7. The summed E-state index contributed by atoms with van der Waals surface area (Å²) in [6, 6.07) is 0.0522. The Balaban J connectivity index is 1.55. The number of amides is 1. The fourth-order valence-electron chi connectivity index (χ4n) is 3.15. The predicted octanol–water partition coefficient (Wildman–Crippen LogP) is 1.74. The van der Waals surface area contributed by atoms with Crippen molar-refractivity contribution in [1.29, 1.82) is 0 Å². The molecule has 1 aromatic rings. The van der Waals surface area contributed by atoms with Gasteiger partial charge in [-0.15, -0.1) is 0 Å².